The number of carbonyl (C=O) groups is 1. The second kappa shape index (κ2) is 5.25. The van der Waals surface area contributed by atoms with E-state index in [9.17, 15) is 4.79 Å². The fourth-order valence-electron chi connectivity index (χ4n) is 2.78. The average molecular weight is 245 g/mol. The molecule has 0 aromatic heterocycles. The predicted octanol–water partition coefficient (Wildman–Crippen LogP) is 3.18. The minimum atomic E-state index is -0.945. The van der Waals surface area contributed by atoms with Crippen molar-refractivity contribution in [3.8, 4) is 0 Å². The topological polar surface area (TPSA) is 49.3 Å². The van der Waals surface area contributed by atoms with Gasteiger partial charge in [0, 0.05) is 12.0 Å². The number of nitrogens with one attached hydrogen (secondary N) is 1. The monoisotopic (exact) mass is 245 g/mol. The number of amides is 1. The first kappa shape index (κ1) is 12.7. The van der Waals surface area contributed by atoms with Crippen LogP contribution >= 0.6 is 0 Å². The van der Waals surface area contributed by atoms with Crippen molar-refractivity contribution in [3.63, 3.8) is 0 Å². The van der Waals surface area contributed by atoms with Crippen molar-refractivity contribution in [1.29, 1.82) is 0 Å². The Morgan fingerprint density at radius 2 is 2.22 bits per heavy atom. The quantitative estimate of drug-likeness (QED) is 0.597. The van der Waals surface area contributed by atoms with E-state index in [0.717, 1.165) is 19.3 Å². The molecule has 0 bridgehead atoms. The van der Waals surface area contributed by atoms with Crippen molar-refractivity contribution >= 4 is 6.09 Å². The molecule has 3 nitrogen and oxygen atoms in total. The summed E-state index contributed by atoms with van der Waals surface area (Å²) in [6, 6.07) is 10.5. The maximum Gasteiger partial charge on any atom is 0.404 e. The minimum absolute atomic E-state index is 0.198. The van der Waals surface area contributed by atoms with Gasteiger partial charge in [-0.2, -0.15) is 0 Å². The van der Waals surface area contributed by atoms with E-state index in [1.165, 1.54) is 5.56 Å². The van der Waals surface area contributed by atoms with E-state index in [2.05, 4.69) is 36.2 Å². The first-order valence-electron chi connectivity index (χ1n) is 6.34. The molecule has 0 saturated heterocycles. The molecule has 1 amide bonds. The third-order valence-electron chi connectivity index (χ3n) is 3.84. The molecule has 1 aliphatic carbocycles. The van der Waals surface area contributed by atoms with Crippen LogP contribution in [-0.4, -0.2) is 17.7 Å². The van der Waals surface area contributed by atoms with E-state index in [1.54, 1.807) is 0 Å². The second-order valence-corrected chi connectivity index (χ2v) is 4.90. The Morgan fingerprint density at radius 1 is 1.50 bits per heavy atom. The standard InChI is InChI=1S/C15H19NO2/c1-2-12-11-15(12,9-6-10-16-14(17)18)13-7-4-3-5-8-13/h2-5,7-8,12,16H,1,6,9-11H2,(H,17,18). The van der Waals surface area contributed by atoms with Crippen molar-refractivity contribution < 1.29 is 9.90 Å². The molecule has 0 aliphatic heterocycles. The highest BCUT2D eigenvalue weighted by Crippen LogP contribution is 2.57. The zero-order chi connectivity index (χ0) is 13.0. The Labute approximate surface area is 108 Å². The molecular weight excluding hydrogens is 226 g/mol. The van der Waals surface area contributed by atoms with E-state index in [4.69, 9.17) is 5.11 Å². The first-order valence-corrected chi connectivity index (χ1v) is 6.34. The van der Waals surface area contributed by atoms with Gasteiger partial charge >= 0.3 is 6.09 Å². The lowest BCUT2D eigenvalue weighted by atomic mass is 9.88. The molecule has 0 heterocycles. The van der Waals surface area contributed by atoms with E-state index < -0.39 is 6.09 Å². The van der Waals surface area contributed by atoms with Gasteiger partial charge in [-0.25, -0.2) is 4.79 Å². The molecule has 96 valence electrons. The third kappa shape index (κ3) is 2.55. The number of hydrogen-bond acceptors (Lipinski definition) is 1. The van der Waals surface area contributed by atoms with Gasteiger partial charge in [-0.3, -0.25) is 0 Å². The Kier molecular flexibility index (Phi) is 3.70. The smallest absolute Gasteiger partial charge is 0.404 e. The van der Waals surface area contributed by atoms with E-state index >= 15 is 0 Å². The summed E-state index contributed by atoms with van der Waals surface area (Å²) in [5.74, 6) is 0.532. The van der Waals surface area contributed by atoms with Crippen LogP contribution in [0.1, 0.15) is 24.8 Å². The molecule has 1 aliphatic rings. The highest BCUT2D eigenvalue weighted by molar-refractivity contribution is 5.64. The zero-order valence-electron chi connectivity index (χ0n) is 10.4. The predicted molar refractivity (Wildman–Crippen MR) is 71.7 cm³/mol. The number of allylic oxidation sites excluding steroid dienone is 1. The molecule has 2 rings (SSSR count). The number of carboxylic acid groups (broad SMARTS) is 1. The molecule has 3 heteroatoms. The summed E-state index contributed by atoms with van der Waals surface area (Å²) in [6.45, 7) is 4.41. The Hall–Kier alpha value is -1.77. The highest BCUT2D eigenvalue weighted by atomic mass is 16.4. The Morgan fingerprint density at radius 3 is 2.78 bits per heavy atom. The lowest BCUT2D eigenvalue weighted by Gasteiger charge is -2.17. The number of hydrogen-bond donors (Lipinski definition) is 2. The lowest BCUT2D eigenvalue weighted by molar-refractivity contribution is 0.194. The Balaban J connectivity index is 1.97. The van der Waals surface area contributed by atoms with Crippen molar-refractivity contribution in [2.45, 2.75) is 24.7 Å². The van der Waals surface area contributed by atoms with Crippen LogP contribution in [0.3, 0.4) is 0 Å². The second-order valence-electron chi connectivity index (χ2n) is 4.90. The molecule has 2 unspecified atom stereocenters. The summed E-state index contributed by atoms with van der Waals surface area (Å²) >= 11 is 0. The molecule has 1 aromatic rings. The van der Waals surface area contributed by atoms with Crippen molar-refractivity contribution in [3.05, 3.63) is 48.6 Å². The summed E-state index contributed by atoms with van der Waals surface area (Å²) in [7, 11) is 0. The lowest BCUT2D eigenvalue weighted by Crippen LogP contribution is -2.23. The molecule has 1 aromatic carbocycles. The van der Waals surface area contributed by atoms with Crippen LogP contribution in [-0.2, 0) is 5.41 Å². The summed E-state index contributed by atoms with van der Waals surface area (Å²) in [6.07, 6.45) is 4.09. The first-order chi connectivity index (χ1) is 8.69. The van der Waals surface area contributed by atoms with E-state index in [0.29, 0.717) is 12.5 Å². The number of rotatable bonds is 6. The largest absolute Gasteiger partial charge is 0.465 e. The molecule has 0 radical (unpaired) electrons. The highest BCUT2D eigenvalue weighted by Gasteiger charge is 2.52. The fraction of sp³-hybridized carbons (Fsp3) is 0.400. The third-order valence-corrected chi connectivity index (χ3v) is 3.84. The van der Waals surface area contributed by atoms with Crippen LogP contribution in [0.2, 0.25) is 0 Å². The van der Waals surface area contributed by atoms with Crippen LogP contribution < -0.4 is 5.32 Å². The van der Waals surface area contributed by atoms with Gasteiger partial charge in [-0.15, -0.1) is 6.58 Å². The van der Waals surface area contributed by atoms with Gasteiger partial charge in [0.1, 0.15) is 0 Å². The molecule has 2 N–H and O–H groups in total. The average Bonchev–Trinajstić information content (AvgIpc) is 3.11. The molecule has 1 fully saturated rings. The summed E-state index contributed by atoms with van der Waals surface area (Å²) < 4.78 is 0. The van der Waals surface area contributed by atoms with Gasteiger partial charge in [-0.1, -0.05) is 36.4 Å². The molecule has 18 heavy (non-hydrogen) atoms. The van der Waals surface area contributed by atoms with Crippen LogP contribution in [0.15, 0.2) is 43.0 Å². The maximum absolute atomic E-state index is 10.4. The summed E-state index contributed by atoms with van der Waals surface area (Å²) in [4.78, 5) is 10.4. The van der Waals surface area contributed by atoms with Gasteiger partial charge in [-0.05, 0) is 30.7 Å². The van der Waals surface area contributed by atoms with Crippen molar-refractivity contribution in [1.82, 2.24) is 5.32 Å². The minimum Gasteiger partial charge on any atom is -0.465 e. The fourth-order valence-corrected chi connectivity index (χ4v) is 2.78. The van der Waals surface area contributed by atoms with Gasteiger partial charge in [0.05, 0.1) is 0 Å². The SMILES string of the molecule is C=CC1CC1(CCCNC(=O)O)c1ccccc1. The van der Waals surface area contributed by atoms with Gasteiger partial charge in [0.25, 0.3) is 0 Å². The van der Waals surface area contributed by atoms with Crippen LogP contribution in [0, 0.1) is 5.92 Å². The van der Waals surface area contributed by atoms with Crippen molar-refractivity contribution in [2.75, 3.05) is 6.54 Å². The molecular formula is C15H19NO2. The van der Waals surface area contributed by atoms with Gasteiger partial charge in [0.15, 0.2) is 0 Å². The zero-order valence-corrected chi connectivity index (χ0v) is 10.4. The van der Waals surface area contributed by atoms with E-state index in [1.807, 2.05) is 12.1 Å². The number of benzene rings is 1. The van der Waals surface area contributed by atoms with Crippen LogP contribution in [0.5, 0.6) is 0 Å². The maximum atomic E-state index is 10.4. The van der Waals surface area contributed by atoms with Crippen LogP contribution in [0.4, 0.5) is 4.79 Å². The molecule has 0 spiro atoms. The van der Waals surface area contributed by atoms with Gasteiger partial charge in [0.2, 0.25) is 0 Å². The van der Waals surface area contributed by atoms with E-state index in [-0.39, 0.29) is 5.41 Å². The summed E-state index contributed by atoms with van der Waals surface area (Å²) in [5.41, 5.74) is 1.55. The normalized spacial score (nSPS) is 25.4. The molecule has 1 saturated carbocycles. The van der Waals surface area contributed by atoms with Crippen molar-refractivity contribution in [2.24, 2.45) is 5.92 Å². The van der Waals surface area contributed by atoms with Crippen LogP contribution in [0.25, 0.3) is 0 Å². The summed E-state index contributed by atoms with van der Waals surface area (Å²) in [5, 5.41) is 11.0. The van der Waals surface area contributed by atoms with Gasteiger partial charge < -0.3 is 10.4 Å². The molecule has 2 atom stereocenters. The Bertz CT molecular complexity index is 429.